The summed E-state index contributed by atoms with van der Waals surface area (Å²) in [5.41, 5.74) is 1.52. The van der Waals surface area contributed by atoms with Crippen molar-refractivity contribution in [2.45, 2.75) is 6.54 Å². The van der Waals surface area contributed by atoms with Crippen molar-refractivity contribution in [3.05, 3.63) is 52.8 Å². The quantitative estimate of drug-likeness (QED) is 0.645. The molecule has 2 heterocycles. The Balaban J connectivity index is 2.00. The van der Waals surface area contributed by atoms with E-state index in [9.17, 15) is 9.59 Å². The first-order valence-corrected chi connectivity index (χ1v) is 6.63. The minimum absolute atomic E-state index is 0.186. The number of ketones is 1. The fraction of sp³-hybridized carbons (Fsp3) is 0.133. The zero-order valence-electron chi connectivity index (χ0n) is 11.2. The van der Waals surface area contributed by atoms with Gasteiger partial charge in [-0.25, -0.2) is 4.98 Å². The van der Waals surface area contributed by atoms with Gasteiger partial charge in [0.1, 0.15) is 10.9 Å². The van der Waals surface area contributed by atoms with Crippen molar-refractivity contribution in [3.63, 3.8) is 0 Å². The molecule has 0 aliphatic carbocycles. The van der Waals surface area contributed by atoms with E-state index in [0.717, 1.165) is 0 Å². The second kappa shape index (κ2) is 5.18. The highest BCUT2D eigenvalue weighted by molar-refractivity contribution is 6.52. The van der Waals surface area contributed by atoms with Crippen molar-refractivity contribution in [2.24, 2.45) is 0 Å². The molecular weight excluding hydrogens is 292 g/mol. The van der Waals surface area contributed by atoms with Gasteiger partial charge < -0.3 is 4.74 Å². The van der Waals surface area contributed by atoms with Crippen LogP contribution in [-0.2, 0) is 11.3 Å². The zero-order valence-corrected chi connectivity index (χ0v) is 11.9. The van der Waals surface area contributed by atoms with Crippen LogP contribution in [0.1, 0.15) is 16.1 Å². The van der Waals surface area contributed by atoms with Gasteiger partial charge in [0.2, 0.25) is 0 Å². The second-order valence-corrected chi connectivity index (χ2v) is 4.94. The Morgan fingerprint density at radius 1 is 1.24 bits per heavy atom. The fourth-order valence-electron chi connectivity index (χ4n) is 2.26. The van der Waals surface area contributed by atoms with Crippen LogP contribution in [0.2, 0.25) is 5.15 Å². The molecule has 0 bridgehead atoms. The van der Waals surface area contributed by atoms with Crippen LogP contribution in [0, 0.1) is 0 Å². The summed E-state index contributed by atoms with van der Waals surface area (Å²) in [6.07, 6.45) is 0. The molecular formula is C15H11ClN2O3. The predicted octanol–water partition coefficient (Wildman–Crippen LogP) is 2.47. The number of ether oxygens (including phenoxy) is 1. The molecule has 1 aliphatic heterocycles. The molecule has 6 heteroatoms. The zero-order chi connectivity index (χ0) is 15.0. The SMILES string of the molecule is COc1ccc2c(c1)N(Cc1cccc(Cl)n1)C(=O)C2=O. The van der Waals surface area contributed by atoms with Crippen LogP contribution >= 0.6 is 11.6 Å². The van der Waals surface area contributed by atoms with Gasteiger partial charge in [0, 0.05) is 6.07 Å². The Hall–Kier alpha value is -2.40. The molecule has 0 saturated heterocycles. The summed E-state index contributed by atoms with van der Waals surface area (Å²) in [5.74, 6) is -0.505. The van der Waals surface area contributed by atoms with Crippen molar-refractivity contribution < 1.29 is 14.3 Å². The molecule has 3 rings (SSSR count). The third kappa shape index (κ3) is 2.36. The molecule has 0 N–H and O–H groups in total. The second-order valence-electron chi connectivity index (χ2n) is 4.56. The van der Waals surface area contributed by atoms with Gasteiger partial charge >= 0.3 is 0 Å². The highest BCUT2D eigenvalue weighted by atomic mass is 35.5. The Morgan fingerprint density at radius 2 is 2.05 bits per heavy atom. The number of aromatic nitrogens is 1. The number of carbonyl (C=O) groups excluding carboxylic acids is 2. The van der Waals surface area contributed by atoms with Crippen molar-refractivity contribution in [1.82, 2.24) is 4.98 Å². The molecule has 5 nitrogen and oxygen atoms in total. The summed E-state index contributed by atoms with van der Waals surface area (Å²) in [4.78, 5) is 29.6. The molecule has 1 aliphatic rings. The summed E-state index contributed by atoms with van der Waals surface area (Å²) in [5, 5.41) is 0.344. The maximum Gasteiger partial charge on any atom is 0.299 e. The highest BCUT2D eigenvalue weighted by Crippen LogP contribution is 2.33. The lowest BCUT2D eigenvalue weighted by Gasteiger charge is -2.16. The summed E-state index contributed by atoms with van der Waals surface area (Å²) >= 11 is 5.84. The standard InChI is InChI=1S/C15H11ClN2O3/c1-21-10-5-6-11-12(7-10)18(15(20)14(11)19)8-9-3-2-4-13(16)17-9/h2-7H,8H2,1H3. The van der Waals surface area contributed by atoms with Gasteiger partial charge in [0.15, 0.2) is 0 Å². The van der Waals surface area contributed by atoms with E-state index >= 15 is 0 Å². The van der Waals surface area contributed by atoms with E-state index in [0.29, 0.717) is 27.8 Å². The first kappa shape index (κ1) is 13.6. The van der Waals surface area contributed by atoms with Crippen molar-refractivity contribution in [1.29, 1.82) is 0 Å². The third-order valence-corrected chi connectivity index (χ3v) is 3.48. The van der Waals surface area contributed by atoms with Gasteiger partial charge in [-0.2, -0.15) is 0 Å². The van der Waals surface area contributed by atoms with Gasteiger partial charge in [-0.15, -0.1) is 0 Å². The van der Waals surface area contributed by atoms with E-state index in [1.54, 1.807) is 36.4 Å². The number of benzene rings is 1. The number of fused-ring (bicyclic) bond motifs is 1. The minimum atomic E-state index is -0.569. The van der Waals surface area contributed by atoms with Crippen molar-refractivity contribution in [2.75, 3.05) is 12.0 Å². The van der Waals surface area contributed by atoms with Gasteiger partial charge in [-0.3, -0.25) is 14.5 Å². The molecule has 0 saturated carbocycles. The maximum atomic E-state index is 12.1. The predicted molar refractivity (Wildman–Crippen MR) is 77.8 cm³/mol. The molecule has 0 atom stereocenters. The van der Waals surface area contributed by atoms with Crippen molar-refractivity contribution >= 4 is 29.0 Å². The number of hydrogen-bond acceptors (Lipinski definition) is 4. The average Bonchev–Trinajstić information content (AvgIpc) is 2.72. The smallest absolute Gasteiger partial charge is 0.299 e. The molecule has 0 unspecified atom stereocenters. The van der Waals surface area contributed by atoms with Gasteiger partial charge in [0.25, 0.3) is 11.7 Å². The average molecular weight is 303 g/mol. The lowest BCUT2D eigenvalue weighted by Crippen LogP contribution is -2.29. The first-order chi connectivity index (χ1) is 10.1. The molecule has 0 spiro atoms. The third-order valence-electron chi connectivity index (χ3n) is 3.27. The number of halogens is 1. The van der Waals surface area contributed by atoms with E-state index in [1.807, 2.05) is 0 Å². The Morgan fingerprint density at radius 3 is 2.76 bits per heavy atom. The van der Waals surface area contributed by atoms with Gasteiger partial charge in [-0.05, 0) is 24.3 Å². The van der Waals surface area contributed by atoms with Crippen LogP contribution in [0.15, 0.2) is 36.4 Å². The van der Waals surface area contributed by atoms with E-state index in [1.165, 1.54) is 12.0 Å². The number of methoxy groups -OCH3 is 1. The lowest BCUT2D eigenvalue weighted by atomic mass is 10.1. The Labute approximate surface area is 126 Å². The number of carbonyl (C=O) groups is 2. The number of nitrogens with zero attached hydrogens (tertiary/aromatic N) is 2. The Kier molecular flexibility index (Phi) is 3.35. The number of Topliss-reactive ketones (excluding diaryl/α,β-unsaturated/α-hetero) is 1. The van der Waals surface area contributed by atoms with Gasteiger partial charge in [-0.1, -0.05) is 17.7 Å². The molecule has 21 heavy (non-hydrogen) atoms. The van der Waals surface area contributed by atoms with E-state index in [2.05, 4.69) is 4.98 Å². The van der Waals surface area contributed by atoms with Crippen LogP contribution < -0.4 is 9.64 Å². The van der Waals surface area contributed by atoms with Crippen LogP contribution in [0.4, 0.5) is 5.69 Å². The van der Waals surface area contributed by atoms with Crippen LogP contribution in [0.25, 0.3) is 0 Å². The summed E-state index contributed by atoms with van der Waals surface area (Å²) in [7, 11) is 1.53. The fourth-order valence-corrected chi connectivity index (χ4v) is 2.44. The number of hydrogen-bond donors (Lipinski definition) is 0. The summed E-state index contributed by atoms with van der Waals surface area (Å²) in [6, 6.07) is 10.1. The van der Waals surface area contributed by atoms with Crippen LogP contribution in [0.5, 0.6) is 5.75 Å². The maximum absolute atomic E-state index is 12.1. The highest BCUT2D eigenvalue weighted by Gasteiger charge is 2.36. The molecule has 2 aromatic rings. The number of amides is 1. The van der Waals surface area contributed by atoms with E-state index < -0.39 is 11.7 Å². The summed E-state index contributed by atoms with van der Waals surface area (Å²) < 4.78 is 5.14. The largest absolute Gasteiger partial charge is 0.497 e. The van der Waals surface area contributed by atoms with E-state index in [-0.39, 0.29) is 6.54 Å². The molecule has 1 aromatic carbocycles. The topological polar surface area (TPSA) is 59.5 Å². The lowest BCUT2D eigenvalue weighted by molar-refractivity contribution is -0.114. The molecule has 0 radical (unpaired) electrons. The van der Waals surface area contributed by atoms with E-state index in [4.69, 9.17) is 16.3 Å². The number of anilines is 1. The molecule has 106 valence electrons. The van der Waals surface area contributed by atoms with Crippen LogP contribution in [0.3, 0.4) is 0 Å². The normalized spacial score (nSPS) is 13.5. The van der Waals surface area contributed by atoms with Gasteiger partial charge in [0.05, 0.1) is 30.6 Å². The molecule has 0 fully saturated rings. The molecule has 1 aromatic heterocycles. The minimum Gasteiger partial charge on any atom is -0.497 e. The number of pyridine rings is 1. The monoisotopic (exact) mass is 302 g/mol. The first-order valence-electron chi connectivity index (χ1n) is 6.26. The number of rotatable bonds is 3. The summed E-state index contributed by atoms with van der Waals surface area (Å²) in [6.45, 7) is 0.186. The Bertz CT molecular complexity index is 745. The molecule has 1 amide bonds. The van der Waals surface area contributed by atoms with Crippen molar-refractivity contribution in [3.8, 4) is 5.75 Å². The van der Waals surface area contributed by atoms with Crippen LogP contribution in [-0.4, -0.2) is 23.8 Å².